The fourth-order valence-electron chi connectivity index (χ4n) is 1.38. The predicted molar refractivity (Wildman–Crippen MR) is 67.9 cm³/mol. The quantitative estimate of drug-likeness (QED) is 0.574. The number of ether oxygens (including phenoxy) is 1. The monoisotopic (exact) mass is 206 g/mol. The molecular formula is C14H22O. The first-order chi connectivity index (χ1) is 7.17. The standard InChI is InChI=1S/C14H22O/c1-6-9-10-11-13(7-2)14(12(4)5)15-8-3/h6-7,9-12,14H,1-2,8H2,3-5H3/b10-9-,13-11+. The van der Waals surface area contributed by atoms with Crippen molar-refractivity contribution in [3.8, 4) is 0 Å². The molecule has 1 unspecified atom stereocenters. The van der Waals surface area contributed by atoms with E-state index in [-0.39, 0.29) is 6.10 Å². The van der Waals surface area contributed by atoms with Gasteiger partial charge < -0.3 is 4.74 Å². The summed E-state index contributed by atoms with van der Waals surface area (Å²) in [5.74, 6) is 0.450. The van der Waals surface area contributed by atoms with Gasteiger partial charge in [0.2, 0.25) is 0 Å². The normalized spacial score (nSPS) is 14.5. The third kappa shape index (κ3) is 5.38. The van der Waals surface area contributed by atoms with Crippen LogP contribution in [-0.4, -0.2) is 12.7 Å². The number of allylic oxidation sites excluding steroid dienone is 4. The predicted octanol–water partition coefficient (Wildman–Crippen LogP) is 3.90. The molecule has 0 aromatic rings. The molecule has 0 saturated heterocycles. The van der Waals surface area contributed by atoms with Gasteiger partial charge in [0.25, 0.3) is 0 Å². The number of hydrogen-bond acceptors (Lipinski definition) is 1. The Labute approximate surface area is 93.8 Å². The van der Waals surface area contributed by atoms with Crippen LogP contribution in [0.25, 0.3) is 0 Å². The highest BCUT2D eigenvalue weighted by Crippen LogP contribution is 2.17. The summed E-state index contributed by atoms with van der Waals surface area (Å²) in [4.78, 5) is 0. The summed E-state index contributed by atoms with van der Waals surface area (Å²) in [6, 6.07) is 0. The van der Waals surface area contributed by atoms with E-state index >= 15 is 0 Å². The summed E-state index contributed by atoms with van der Waals surface area (Å²) in [6.45, 7) is 14.5. The number of rotatable bonds is 7. The maximum Gasteiger partial charge on any atom is 0.0847 e. The Morgan fingerprint density at radius 1 is 1.27 bits per heavy atom. The van der Waals surface area contributed by atoms with Gasteiger partial charge in [0, 0.05) is 6.61 Å². The third-order valence-corrected chi connectivity index (χ3v) is 2.05. The van der Waals surface area contributed by atoms with Crippen LogP contribution in [0.3, 0.4) is 0 Å². The van der Waals surface area contributed by atoms with E-state index < -0.39 is 0 Å². The molecule has 0 aliphatic rings. The molecule has 0 radical (unpaired) electrons. The molecule has 15 heavy (non-hydrogen) atoms. The average Bonchev–Trinajstić information content (AvgIpc) is 2.22. The topological polar surface area (TPSA) is 9.23 Å². The first-order valence-electron chi connectivity index (χ1n) is 5.40. The SMILES string of the molecule is C=C/C=C\C=C(/C=C)C(OCC)C(C)C. The highest BCUT2D eigenvalue weighted by Gasteiger charge is 2.15. The van der Waals surface area contributed by atoms with Gasteiger partial charge in [-0.3, -0.25) is 0 Å². The van der Waals surface area contributed by atoms with Gasteiger partial charge in [-0.15, -0.1) is 0 Å². The van der Waals surface area contributed by atoms with Crippen molar-refractivity contribution in [3.63, 3.8) is 0 Å². The smallest absolute Gasteiger partial charge is 0.0847 e. The first kappa shape index (κ1) is 13.9. The van der Waals surface area contributed by atoms with Crippen LogP contribution in [0.15, 0.2) is 49.1 Å². The Balaban J connectivity index is 4.71. The van der Waals surface area contributed by atoms with Crippen LogP contribution < -0.4 is 0 Å². The summed E-state index contributed by atoms with van der Waals surface area (Å²) in [6.07, 6.45) is 9.61. The first-order valence-corrected chi connectivity index (χ1v) is 5.40. The van der Waals surface area contributed by atoms with Crippen LogP contribution in [0.1, 0.15) is 20.8 Å². The molecule has 0 bridgehead atoms. The summed E-state index contributed by atoms with van der Waals surface area (Å²) in [7, 11) is 0. The van der Waals surface area contributed by atoms with Crippen molar-refractivity contribution >= 4 is 0 Å². The molecule has 84 valence electrons. The van der Waals surface area contributed by atoms with Gasteiger partial charge in [-0.2, -0.15) is 0 Å². The molecule has 0 fully saturated rings. The lowest BCUT2D eigenvalue weighted by Crippen LogP contribution is -2.21. The van der Waals surface area contributed by atoms with Crippen molar-refractivity contribution in [2.24, 2.45) is 5.92 Å². The molecule has 1 heteroatoms. The summed E-state index contributed by atoms with van der Waals surface area (Å²) < 4.78 is 5.69. The van der Waals surface area contributed by atoms with Gasteiger partial charge >= 0.3 is 0 Å². The maximum atomic E-state index is 5.69. The van der Waals surface area contributed by atoms with Gasteiger partial charge in [0.1, 0.15) is 0 Å². The van der Waals surface area contributed by atoms with Crippen LogP contribution in [-0.2, 0) is 4.74 Å². The van der Waals surface area contributed by atoms with E-state index in [0.717, 1.165) is 12.2 Å². The molecule has 1 atom stereocenters. The van der Waals surface area contributed by atoms with Crippen molar-refractivity contribution in [2.75, 3.05) is 6.61 Å². The minimum atomic E-state index is 0.127. The Hall–Kier alpha value is -1.08. The molecule has 1 nitrogen and oxygen atoms in total. The van der Waals surface area contributed by atoms with E-state index in [1.165, 1.54) is 0 Å². The van der Waals surface area contributed by atoms with E-state index in [1.807, 2.05) is 31.2 Å². The van der Waals surface area contributed by atoms with Gasteiger partial charge in [-0.25, -0.2) is 0 Å². The lowest BCUT2D eigenvalue weighted by atomic mass is 9.98. The summed E-state index contributed by atoms with van der Waals surface area (Å²) in [5, 5.41) is 0. The lowest BCUT2D eigenvalue weighted by Gasteiger charge is -2.21. The molecule has 0 rings (SSSR count). The molecule has 0 aliphatic carbocycles. The third-order valence-electron chi connectivity index (χ3n) is 2.05. The largest absolute Gasteiger partial charge is 0.374 e. The van der Waals surface area contributed by atoms with Crippen molar-refractivity contribution in [1.82, 2.24) is 0 Å². The zero-order valence-electron chi connectivity index (χ0n) is 10.1. The van der Waals surface area contributed by atoms with Crippen molar-refractivity contribution in [1.29, 1.82) is 0 Å². The zero-order chi connectivity index (χ0) is 11.7. The fourth-order valence-corrected chi connectivity index (χ4v) is 1.38. The van der Waals surface area contributed by atoms with Crippen LogP contribution in [0.2, 0.25) is 0 Å². The molecule has 0 aliphatic heterocycles. The Morgan fingerprint density at radius 3 is 2.33 bits per heavy atom. The highest BCUT2D eigenvalue weighted by molar-refractivity contribution is 5.27. The molecule has 0 saturated carbocycles. The van der Waals surface area contributed by atoms with Crippen LogP contribution in [0.4, 0.5) is 0 Å². The molecule has 0 N–H and O–H groups in total. The van der Waals surface area contributed by atoms with E-state index in [4.69, 9.17) is 4.74 Å². The minimum absolute atomic E-state index is 0.127. The number of hydrogen-bond donors (Lipinski definition) is 0. The second kappa shape index (κ2) is 8.25. The fraction of sp³-hybridized carbons (Fsp3) is 0.429. The van der Waals surface area contributed by atoms with Gasteiger partial charge in [-0.05, 0) is 18.4 Å². The second-order valence-corrected chi connectivity index (χ2v) is 3.61. The molecule has 0 aromatic carbocycles. The van der Waals surface area contributed by atoms with E-state index in [1.54, 1.807) is 6.08 Å². The van der Waals surface area contributed by atoms with Crippen LogP contribution >= 0.6 is 0 Å². The van der Waals surface area contributed by atoms with Crippen molar-refractivity contribution < 1.29 is 4.74 Å². The van der Waals surface area contributed by atoms with Gasteiger partial charge in [0.05, 0.1) is 6.10 Å². The van der Waals surface area contributed by atoms with E-state index in [2.05, 4.69) is 27.0 Å². The van der Waals surface area contributed by atoms with Gasteiger partial charge in [-0.1, -0.05) is 57.4 Å². The lowest BCUT2D eigenvalue weighted by molar-refractivity contribution is 0.0589. The molecule has 0 aromatic heterocycles. The minimum Gasteiger partial charge on any atom is -0.374 e. The second-order valence-electron chi connectivity index (χ2n) is 3.61. The molecule has 0 spiro atoms. The van der Waals surface area contributed by atoms with Crippen molar-refractivity contribution in [3.05, 3.63) is 49.1 Å². The van der Waals surface area contributed by atoms with Crippen molar-refractivity contribution in [2.45, 2.75) is 26.9 Å². The Kier molecular flexibility index (Phi) is 7.65. The molecule has 0 amide bonds. The molecule has 0 heterocycles. The zero-order valence-corrected chi connectivity index (χ0v) is 10.1. The average molecular weight is 206 g/mol. The Morgan fingerprint density at radius 2 is 1.93 bits per heavy atom. The highest BCUT2D eigenvalue weighted by atomic mass is 16.5. The maximum absolute atomic E-state index is 5.69. The van der Waals surface area contributed by atoms with Crippen LogP contribution in [0, 0.1) is 5.92 Å². The van der Waals surface area contributed by atoms with Crippen LogP contribution in [0.5, 0.6) is 0 Å². The summed E-state index contributed by atoms with van der Waals surface area (Å²) in [5.41, 5.74) is 1.12. The van der Waals surface area contributed by atoms with E-state index in [9.17, 15) is 0 Å². The molecular weight excluding hydrogens is 184 g/mol. The van der Waals surface area contributed by atoms with E-state index in [0.29, 0.717) is 5.92 Å². The van der Waals surface area contributed by atoms with Gasteiger partial charge in [0.15, 0.2) is 0 Å². The Bertz CT molecular complexity index is 246. The summed E-state index contributed by atoms with van der Waals surface area (Å²) >= 11 is 0.